The number of benzene rings is 2. The van der Waals surface area contributed by atoms with Gasteiger partial charge in [0.25, 0.3) is 0 Å². The monoisotopic (exact) mass is 342 g/mol. The predicted molar refractivity (Wildman–Crippen MR) is 96.3 cm³/mol. The number of amides is 2. The van der Waals surface area contributed by atoms with Crippen LogP contribution in [0.1, 0.15) is 30.4 Å². The number of hydrogen-bond acceptors (Lipinski definition) is 2. The van der Waals surface area contributed by atoms with E-state index in [1.807, 2.05) is 30.3 Å². The van der Waals surface area contributed by atoms with Crippen LogP contribution in [0.5, 0.6) is 0 Å². The smallest absolute Gasteiger partial charge is 0.321 e. The molecule has 0 fully saturated rings. The van der Waals surface area contributed by atoms with Crippen molar-refractivity contribution in [2.75, 3.05) is 18.0 Å². The fraction of sp³-hybridized carbons (Fsp3) is 0.350. The first-order valence-corrected chi connectivity index (χ1v) is 8.61. The maximum absolute atomic E-state index is 13.5. The van der Waals surface area contributed by atoms with Crippen molar-refractivity contribution in [1.29, 1.82) is 0 Å². The number of fused-ring (bicyclic) bond motifs is 1. The number of carbonyl (C=O) groups excluding carboxylic acids is 1. The number of carbonyl (C=O) groups is 1. The maximum Gasteiger partial charge on any atom is 0.321 e. The molecule has 1 aliphatic rings. The number of aliphatic hydroxyl groups is 1. The third-order valence-electron chi connectivity index (χ3n) is 4.58. The Hall–Kier alpha value is -2.40. The minimum absolute atomic E-state index is 0.0275. The summed E-state index contributed by atoms with van der Waals surface area (Å²) >= 11 is 0. The Kier molecular flexibility index (Phi) is 5.34. The van der Waals surface area contributed by atoms with E-state index in [-0.39, 0.29) is 17.8 Å². The van der Waals surface area contributed by atoms with Crippen molar-refractivity contribution in [3.8, 4) is 0 Å². The lowest BCUT2D eigenvalue weighted by molar-refractivity contribution is 0.173. The first-order valence-electron chi connectivity index (χ1n) is 8.61. The molecular weight excluding hydrogens is 319 g/mol. The van der Waals surface area contributed by atoms with Gasteiger partial charge in [-0.2, -0.15) is 0 Å². The van der Waals surface area contributed by atoms with Gasteiger partial charge in [0.15, 0.2) is 0 Å². The third kappa shape index (κ3) is 4.17. The maximum atomic E-state index is 13.5. The van der Waals surface area contributed by atoms with E-state index in [9.17, 15) is 14.3 Å². The van der Waals surface area contributed by atoms with Crippen molar-refractivity contribution in [3.63, 3.8) is 0 Å². The van der Waals surface area contributed by atoms with Crippen LogP contribution in [0.2, 0.25) is 0 Å². The van der Waals surface area contributed by atoms with Crippen LogP contribution in [-0.2, 0) is 6.42 Å². The summed E-state index contributed by atoms with van der Waals surface area (Å²) in [4.78, 5) is 14.2. The van der Waals surface area contributed by atoms with Crippen LogP contribution in [0.25, 0.3) is 0 Å². The van der Waals surface area contributed by atoms with Crippen LogP contribution in [0, 0.1) is 5.82 Å². The minimum atomic E-state index is -0.455. The molecule has 2 unspecified atom stereocenters. The Morgan fingerprint density at radius 3 is 2.76 bits per heavy atom. The van der Waals surface area contributed by atoms with Crippen LogP contribution in [0.15, 0.2) is 48.5 Å². The van der Waals surface area contributed by atoms with Crippen LogP contribution in [-0.4, -0.2) is 30.3 Å². The first kappa shape index (κ1) is 17.4. The highest BCUT2D eigenvalue weighted by Crippen LogP contribution is 2.29. The number of rotatable bonds is 5. The van der Waals surface area contributed by atoms with Crippen molar-refractivity contribution in [1.82, 2.24) is 5.32 Å². The average Bonchev–Trinajstić information content (AvgIpc) is 3.02. The molecule has 132 valence electrons. The number of halogens is 1. The van der Waals surface area contributed by atoms with Gasteiger partial charge in [-0.05, 0) is 43.0 Å². The summed E-state index contributed by atoms with van der Waals surface area (Å²) in [5.41, 5.74) is 2.71. The van der Waals surface area contributed by atoms with Gasteiger partial charge in [0.1, 0.15) is 5.82 Å². The van der Waals surface area contributed by atoms with Crippen LogP contribution in [0.3, 0.4) is 0 Å². The molecule has 0 radical (unpaired) electrons. The fourth-order valence-corrected chi connectivity index (χ4v) is 3.34. The molecule has 0 aromatic heterocycles. The average molecular weight is 342 g/mol. The highest BCUT2D eigenvalue weighted by molar-refractivity contribution is 5.94. The number of anilines is 1. The molecule has 25 heavy (non-hydrogen) atoms. The number of hydrogen-bond donors (Lipinski definition) is 2. The Balaban J connectivity index is 1.68. The first-order chi connectivity index (χ1) is 12.0. The standard InChI is InChI=1S/C20H23FN2O2/c1-14(24)11-17(15-5-3-2-4-6-15)13-22-20(25)23-10-9-16-7-8-18(21)12-19(16)23/h2-8,12,14,17,24H,9-11,13H2,1H3,(H,22,25). The second-order valence-electron chi connectivity index (χ2n) is 6.55. The van der Waals surface area contributed by atoms with Gasteiger partial charge < -0.3 is 10.4 Å². The summed E-state index contributed by atoms with van der Waals surface area (Å²) in [6.07, 6.45) is 0.845. The molecule has 0 aliphatic carbocycles. The number of urea groups is 1. The SMILES string of the molecule is CC(O)CC(CNC(=O)N1CCc2ccc(F)cc21)c1ccccc1. The van der Waals surface area contributed by atoms with Crippen LogP contribution >= 0.6 is 0 Å². The topological polar surface area (TPSA) is 52.6 Å². The molecule has 0 bridgehead atoms. The van der Waals surface area contributed by atoms with Crippen molar-refractivity contribution in [2.45, 2.75) is 31.8 Å². The summed E-state index contributed by atoms with van der Waals surface area (Å²) in [5.74, 6) is -0.311. The van der Waals surface area contributed by atoms with E-state index in [0.717, 1.165) is 17.5 Å². The van der Waals surface area contributed by atoms with Gasteiger partial charge in [0.2, 0.25) is 0 Å². The lowest BCUT2D eigenvalue weighted by Gasteiger charge is -2.23. The van der Waals surface area contributed by atoms with Gasteiger partial charge in [0, 0.05) is 19.0 Å². The van der Waals surface area contributed by atoms with Gasteiger partial charge in [0.05, 0.1) is 11.8 Å². The molecular formula is C20H23FN2O2. The van der Waals surface area contributed by atoms with E-state index in [0.29, 0.717) is 25.2 Å². The largest absolute Gasteiger partial charge is 0.393 e. The molecule has 0 saturated heterocycles. The Bertz CT molecular complexity index is 734. The van der Waals surface area contributed by atoms with E-state index in [4.69, 9.17) is 0 Å². The number of nitrogens with zero attached hydrogens (tertiary/aromatic N) is 1. The zero-order valence-corrected chi connectivity index (χ0v) is 14.3. The van der Waals surface area contributed by atoms with Gasteiger partial charge >= 0.3 is 6.03 Å². The molecule has 2 N–H and O–H groups in total. The van der Waals surface area contributed by atoms with Gasteiger partial charge in [-0.25, -0.2) is 9.18 Å². The Morgan fingerprint density at radius 2 is 2.04 bits per heavy atom. The highest BCUT2D eigenvalue weighted by Gasteiger charge is 2.25. The normalized spacial score (nSPS) is 15.6. The summed E-state index contributed by atoms with van der Waals surface area (Å²) in [6, 6.07) is 14.2. The van der Waals surface area contributed by atoms with E-state index in [2.05, 4.69) is 5.32 Å². The lowest BCUT2D eigenvalue weighted by Crippen LogP contribution is -2.41. The lowest BCUT2D eigenvalue weighted by atomic mass is 9.93. The summed E-state index contributed by atoms with van der Waals surface area (Å²) in [5, 5.41) is 12.7. The highest BCUT2D eigenvalue weighted by atomic mass is 19.1. The minimum Gasteiger partial charge on any atom is -0.393 e. The van der Waals surface area contributed by atoms with E-state index in [1.54, 1.807) is 17.9 Å². The van der Waals surface area contributed by atoms with E-state index < -0.39 is 6.10 Å². The zero-order valence-electron chi connectivity index (χ0n) is 14.3. The zero-order chi connectivity index (χ0) is 17.8. The fourth-order valence-electron chi connectivity index (χ4n) is 3.34. The molecule has 0 spiro atoms. The molecule has 5 heteroatoms. The third-order valence-corrected chi connectivity index (χ3v) is 4.58. The molecule has 2 aromatic rings. The van der Waals surface area contributed by atoms with Gasteiger partial charge in [-0.3, -0.25) is 4.90 Å². The van der Waals surface area contributed by atoms with Crippen LogP contribution in [0.4, 0.5) is 14.9 Å². The number of aliphatic hydroxyl groups excluding tert-OH is 1. The Labute approximate surface area is 147 Å². The molecule has 3 rings (SSSR count). The van der Waals surface area contributed by atoms with Gasteiger partial charge in [-0.15, -0.1) is 0 Å². The molecule has 0 saturated carbocycles. The molecule has 1 heterocycles. The van der Waals surface area contributed by atoms with E-state index >= 15 is 0 Å². The van der Waals surface area contributed by atoms with Crippen molar-refractivity contribution in [3.05, 3.63) is 65.5 Å². The van der Waals surface area contributed by atoms with Crippen LogP contribution < -0.4 is 10.2 Å². The summed E-state index contributed by atoms with van der Waals surface area (Å²) in [6.45, 7) is 2.73. The van der Waals surface area contributed by atoms with E-state index in [1.165, 1.54) is 12.1 Å². The molecule has 4 nitrogen and oxygen atoms in total. The second kappa shape index (κ2) is 7.66. The van der Waals surface area contributed by atoms with Crippen molar-refractivity contribution in [2.24, 2.45) is 0 Å². The molecule has 2 atom stereocenters. The molecule has 1 aliphatic heterocycles. The second-order valence-corrected chi connectivity index (χ2v) is 6.55. The number of nitrogens with one attached hydrogen (secondary N) is 1. The molecule has 2 amide bonds. The predicted octanol–water partition coefficient (Wildman–Crippen LogP) is 3.45. The van der Waals surface area contributed by atoms with Crippen molar-refractivity contribution >= 4 is 11.7 Å². The summed E-state index contributed by atoms with van der Waals surface area (Å²) in [7, 11) is 0. The Morgan fingerprint density at radius 1 is 1.28 bits per heavy atom. The quantitative estimate of drug-likeness (QED) is 0.874. The van der Waals surface area contributed by atoms with Crippen molar-refractivity contribution < 1.29 is 14.3 Å². The van der Waals surface area contributed by atoms with Gasteiger partial charge in [-0.1, -0.05) is 36.4 Å². The molecule has 2 aromatic carbocycles. The summed E-state index contributed by atoms with van der Waals surface area (Å²) < 4.78 is 13.5.